The van der Waals surface area contributed by atoms with Crippen molar-refractivity contribution in [3.8, 4) is 0 Å². The van der Waals surface area contributed by atoms with Gasteiger partial charge < -0.3 is 4.57 Å². The van der Waals surface area contributed by atoms with Crippen LogP contribution in [0.15, 0.2) is 39.7 Å². The number of sulfonamides is 1. The highest BCUT2D eigenvalue weighted by Gasteiger charge is 2.27. The predicted molar refractivity (Wildman–Crippen MR) is 90.3 cm³/mol. The van der Waals surface area contributed by atoms with Crippen molar-refractivity contribution in [1.29, 1.82) is 0 Å². The van der Waals surface area contributed by atoms with Crippen LogP contribution in [0.1, 0.15) is 35.8 Å². The molecule has 1 N–H and O–H groups in total. The molecule has 2 aromatic rings. The summed E-state index contributed by atoms with van der Waals surface area (Å²) in [7, 11) is -3.48. The Kier molecular flexibility index (Phi) is 4.18. The van der Waals surface area contributed by atoms with E-state index in [2.05, 4.69) is 45.1 Å². The van der Waals surface area contributed by atoms with Crippen molar-refractivity contribution < 1.29 is 8.42 Å². The van der Waals surface area contributed by atoms with E-state index >= 15 is 0 Å². The maximum atomic E-state index is 12.3. The normalized spacial score (nSPS) is 15.2. The number of halogens is 1. The van der Waals surface area contributed by atoms with Crippen molar-refractivity contribution in [2.75, 3.05) is 0 Å². The molecule has 1 aromatic carbocycles. The number of rotatable bonds is 5. The third-order valence-corrected chi connectivity index (χ3v) is 6.02. The lowest BCUT2D eigenvalue weighted by atomic mass is 10.2. The van der Waals surface area contributed by atoms with Gasteiger partial charge in [0.15, 0.2) is 0 Å². The molecule has 0 radical (unpaired) electrons. The SMILES string of the molecule is Cc1cc(CNS(=O)(=O)c2ccc(Br)cc2)c(C)n1C1CC1. The van der Waals surface area contributed by atoms with Gasteiger partial charge in [0.25, 0.3) is 0 Å². The van der Waals surface area contributed by atoms with E-state index in [1.54, 1.807) is 24.3 Å². The molecule has 0 spiro atoms. The van der Waals surface area contributed by atoms with E-state index in [1.165, 1.54) is 24.2 Å². The minimum absolute atomic E-state index is 0.284. The maximum Gasteiger partial charge on any atom is 0.240 e. The van der Waals surface area contributed by atoms with E-state index < -0.39 is 10.0 Å². The smallest absolute Gasteiger partial charge is 0.240 e. The zero-order chi connectivity index (χ0) is 15.9. The lowest BCUT2D eigenvalue weighted by Gasteiger charge is -2.09. The zero-order valence-electron chi connectivity index (χ0n) is 12.6. The Balaban J connectivity index is 1.77. The molecule has 1 fully saturated rings. The van der Waals surface area contributed by atoms with Crippen LogP contribution < -0.4 is 4.72 Å². The third-order valence-electron chi connectivity index (χ3n) is 4.08. The number of nitrogens with zero attached hydrogens (tertiary/aromatic N) is 1. The van der Waals surface area contributed by atoms with Gasteiger partial charge >= 0.3 is 0 Å². The molecule has 3 rings (SSSR count). The van der Waals surface area contributed by atoms with Crippen LogP contribution in [0.4, 0.5) is 0 Å². The fraction of sp³-hybridized carbons (Fsp3) is 0.375. The van der Waals surface area contributed by atoms with Gasteiger partial charge in [0.1, 0.15) is 0 Å². The van der Waals surface area contributed by atoms with Crippen LogP contribution in [0.25, 0.3) is 0 Å². The van der Waals surface area contributed by atoms with Crippen molar-refractivity contribution in [1.82, 2.24) is 9.29 Å². The Morgan fingerprint density at radius 1 is 1.23 bits per heavy atom. The van der Waals surface area contributed by atoms with Crippen LogP contribution in [0.2, 0.25) is 0 Å². The molecular weight excluding hydrogens is 364 g/mol. The van der Waals surface area contributed by atoms with Crippen molar-refractivity contribution in [3.63, 3.8) is 0 Å². The second kappa shape index (κ2) is 5.83. The molecule has 0 saturated heterocycles. The summed E-state index contributed by atoms with van der Waals surface area (Å²) in [6.45, 7) is 4.47. The van der Waals surface area contributed by atoms with Gasteiger partial charge in [-0.1, -0.05) is 15.9 Å². The number of benzene rings is 1. The highest BCUT2D eigenvalue weighted by atomic mass is 79.9. The van der Waals surface area contributed by atoms with Crippen molar-refractivity contribution >= 4 is 26.0 Å². The standard InChI is InChI=1S/C16H19BrN2O2S/c1-11-9-13(12(2)19(11)15-5-6-15)10-18-22(20,21)16-7-3-14(17)4-8-16/h3-4,7-9,15,18H,5-6,10H2,1-2H3. The molecule has 0 bridgehead atoms. The van der Waals surface area contributed by atoms with Gasteiger partial charge in [0.05, 0.1) is 4.90 Å². The van der Waals surface area contributed by atoms with Gasteiger partial charge in [-0.15, -0.1) is 0 Å². The first kappa shape index (κ1) is 15.8. The van der Waals surface area contributed by atoms with Crippen molar-refractivity contribution in [2.24, 2.45) is 0 Å². The van der Waals surface area contributed by atoms with Crippen LogP contribution in [0.3, 0.4) is 0 Å². The first-order chi connectivity index (χ1) is 10.4. The fourth-order valence-corrected chi connectivity index (χ4v) is 4.06. The highest BCUT2D eigenvalue weighted by Crippen LogP contribution is 2.38. The average Bonchev–Trinajstić information content (AvgIpc) is 3.24. The number of hydrogen-bond donors (Lipinski definition) is 1. The zero-order valence-corrected chi connectivity index (χ0v) is 15.0. The summed E-state index contributed by atoms with van der Waals surface area (Å²) in [5.41, 5.74) is 3.42. The highest BCUT2D eigenvalue weighted by molar-refractivity contribution is 9.10. The van der Waals surface area contributed by atoms with Gasteiger partial charge in [-0.25, -0.2) is 13.1 Å². The molecule has 0 unspecified atom stereocenters. The van der Waals surface area contributed by atoms with Crippen LogP contribution >= 0.6 is 15.9 Å². The molecule has 1 saturated carbocycles. The molecule has 0 atom stereocenters. The largest absolute Gasteiger partial charge is 0.346 e. The number of aryl methyl sites for hydroxylation is 1. The Bertz CT molecular complexity index is 790. The van der Waals surface area contributed by atoms with E-state index in [-0.39, 0.29) is 4.90 Å². The first-order valence-corrected chi connectivity index (χ1v) is 9.58. The molecule has 1 aromatic heterocycles. The van der Waals surface area contributed by atoms with E-state index in [0.717, 1.165) is 10.0 Å². The molecule has 0 aliphatic heterocycles. The second-order valence-electron chi connectivity index (χ2n) is 5.78. The van der Waals surface area contributed by atoms with Gasteiger partial charge in [-0.2, -0.15) is 0 Å². The molecule has 22 heavy (non-hydrogen) atoms. The van der Waals surface area contributed by atoms with Gasteiger partial charge in [0, 0.05) is 28.4 Å². The van der Waals surface area contributed by atoms with Crippen molar-refractivity contribution in [3.05, 3.63) is 51.8 Å². The second-order valence-corrected chi connectivity index (χ2v) is 8.46. The first-order valence-electron chi connectivity index (χ1n) is 7.31. The quantitative estimate of drug-likeness (QED) is 0.857. The average molecular weight is 383 g/mol. The molecule has 118 valence electrons. The molecule has 4 nitrogen and oxygen atoms in total. The summed E-state index contributed by atoms with van der Waals surface area (Å²) in [5.74, 6) is 0. The van der Waals surface area contributed by atoms with Crippen LogP contribution in [-0.2, 0) is 16.6 Å². The lowest BCUT2D eigenvalue weighted by molar-refractivity contribution is 0.581. The topological polar surface area (TPSA) is 51.1 Å². The molecule has 1 aliphatic rings. The van der Waals surface area contributed by atoms with E-state index in [9.17, 15) is 8.42 Å². The number of aromatic nitrogens is 1. The van der Waals surface area contributed by atoms with Crippen LogP contribution in [0, 0.1) is 13.8 Å². The summed E-state index contributed by atoms with van der Waals surface area (Å²) < 4.78 is 30.5. The van der Waals surface area contributed by atoms with Gasteiger partial charge in [0.2, 0.25) is 10.0 Å². The van der Waals surface area contributed by atoms with E-state index in [0.29, 0.717) is 12.6 Å². The van der Waals surface area contributed by atoms with Crippen molar-refractivity contribution in [2.45, 2.75) is 44.2 Å². The fourth-order valence-electron chi connectivity index (χ4n) is 2.79. The maximum absolute atomic E-state index is 12.3. The minimum Gasteiger partial charge on any atom is -0.346 e. The molecular formula is C16H19BrN2O2S. The Morgan fingerprint density at radius 3 is 2.45 bits per heavy atom. The molecule has 6 heteroatoms. The Labute approximate surface area is 139 Å². The predicted octanol–water partition coefficient (Wildman–Crippen LogP) is 3.68. The van der Waals surface area contributed by atoms with E-state index in [1.807, 2.05) is 0 Å². The molecule has 1 aliphatic carbocycles. The summed E-state index contributed by atoms with van der Waals surface area (Å²) >= 11 is 3.31. The summed E-state index contributed by atoms with van der Waals surface area (Å²) in [6, 6.07) is 9.34. The summed E-state index contributed by atoms with van der Waals surface area (Å²) in [4.78, 5) is 0.284. The van der Waals surface area contributed by atoms with Crippen LogP contribution in [-0.4, -0.2) is 13.0 Å². The monoisotopic (exact) mass is 382 g/mol. The minimum atomic E-state index is -3.48. The third kappa shape index (κ3) is 3.14. The Morgan fingerprint density at radius 2 is 1.86 bits per heavy atom. The molecule has 1 heterocycles. The lowest BCUT2D eigenvalue weighted by Crippen LogP contribution is -2.23. The number of hydrogen-bond acceptors (Lipinski definition) is 2. The van der Waals surface area contributed by atoms with E-state index in [4.69, 9.17) is 0 Å². The van der Waals surface area contributed by atoms with Gasteiger partial charge in [-0.05, 0) is 62.6 Å². The molecule has 0 amide bonds. The number of nitrogens with one attached hydrogen (secondary N) is 1. The van der Waals surface area contributed by atoms with Crippen LogP contribution in [0.5, 0.6) is 0 Å². The van der Waals surface area contributed by atoms with Gasteiger partial charge in [-0.3, -0.25) is 0 Å². The summed E-state index contributed by atoms with van der Waals surface area (Å²) in [5, 5.41) is 0. The Hall–Kier alpha value is -1.11. The summed E-state index contributed by atoms with van der Waals surface area (Å²) in [6.07, 6.45) is 2.45.